The molecule has 2 aromatic heterocycles. The Morgan fingerprint density at radius 3 is 3.00 bits per heavy atom. The first-order valence-electron chi connectivity index (χ1n) is 4.57. The van der Waals surface area contributed by atoms with E-state index in [0.29, 0.717) is 11.7 Å². The average molecular weight is 255 g/mol. The second kappa shape index (κ2) is 5.04. The van der Waals surface area contributed by atoms with E-state index in [9.17, 15) is 4.79 Å². The zero-order valence-electron chi connectivity index (χ0n) is 8.21. The van der Waals surface area contributed by atoms with Crippen molar-refractivity contribution in [3.05, 3.63) is 27.7 Å². The van der Waals surface area contributed by atoms with E-state index in [1.807, 2.05) is 5.38 Å². The molecular formula is C9H9N3O2S2. The molecule has 5 nitrogen and oxygen atoms in total. The van der Waals surface area contributed by atoms with Crippen LogP contribution in [0.3, 0.4) is 0 Å². The summed E-state index contributed by atoms with van der Waals surface area (Å²) in [5.74, 6) is -0.996. The van der Waals surface area contributed by atoms with Crippen molar-refractivity contribution < 1.29 is 9.90 Å². The van der Waals surface area contributed by atoms with Crippen molar-refractivity contribution in [3.63, 3.8) is 0 Å². The fourth-order valence-electron chi connectivity index (χ4n) is 1.11. The molecule has 2 heterocycles. The first-order chi connectivity index (χ1) is 7.75. The van der Waals surface area contributed by atoms with E-state index in [0.717, 1.165) is 11.4 Å². The van der Waals surface area contributed by atoms with Crippen molar-refractivity contribution >= 4 is 33.8 Å². The predicted octanol–water partition coefficient (Wildman–Crippen LogP) is 1.95. The Bertz CT molecular complexity index is 467. The summed E-state index contributed by atoms with van der Waals surface area (Å²) in [7, 11) is 0. The van der Waals surface area contributed by atoms with Gasteiger partial charge < -0.3 is 10.4 Å². The van der Waals surface area contributed by atoms with Crippen LogP contribution in [-0.4, -0.2) is 27.6 Å². The van der Waals surface area contributed by atoms with Gasteiger partial charge in [-0.25, -0.2) is 14.8 Å². The van der Waals surface area contributed by atoms with Gasteiger partial charge in [-0.15, -0.1) is 22.7 Å². The molecule has 2 rings (SSSR count). The van der Waals surface area contributed by atoms with E-state index in [-0.39, 0.29) is 5.69 Å². The van der Waals surface area contributed by atoms with Gasteiger partial charge in [-0.3, -0.25) is 0 Å². The molecule has 0 aromatic carbocycles. The van der Waals surface area contributed by atoms with E-state index < -0.39 is 5.97 Å². The number of anilines is 1. The predicted molar refractivity (Wildman–Crippen MR) is 63.4 cm³/mol. The molecule has 2 N–H and O–H groups in total. The smallest absolute Gasteiger partial charge is 0.355 e. The van der Waals surface area contributed by atoms with Crippen molar-refractivity contribution in [2.75, 3.05) is 11.9 Å². The third-order valence-electron chi connectivity index (χ3n) is 1.82. The summed E-state index contributed by atoms with van der Waals surface area (Å²) in [6.45, 7) is 0.708. The van der Waals surface area contributed by atoms with Gasteiger partial charge in [0.05, 0.1) is 5.01 Å². The van der Waals surface area contributed by atoms with Crippen molar-refractivity contribution in [1.82, 2.24) is 9.97 Å². The highest BCUT2D eigenvalue weighted by atomic mass is 32.1. The summed E-state index contributed by atoms with van der Waals surface area (Å²) >= 11 is 2.90. The molecule has 0 amide bonds. The Morgan fingerprint density at radius 1 is 1.50 bits per heavy atom. The van der Waals surface area contributed by atoms with Gasteiger partial charge >= 0.3 is 5.97 Å². The number of aromatic carboxylic acids is 1. The number of nitrogens with one attached hydrogen (secondary N) is 1. The van der Waals surface area contributed by atoms with Crippen LogP contribution in [0.4, 0.5) is 5.13 Å². The van der Waals surface area contributed by atoms with Crippen LogP contribution in [0.25, 0.3) is 0 Å². The highest BCUT2D eigenvalue weighted by Gasteiger charge is 2.07. The summed E-state index contributed by atoms with van der Waals surface area (Å²) in [6.07, 6.45) is 2.59. The van der Waals surface area contributed by atoms with Gasteiger partial charge in [0.1, 0.15) is 0 Å². The number of hydrogen-bond acceptors (Lipinski definition) is 6. The summed E-state index contributed by atoms with van der Waals surface area (Å²) in [5.41, 5.74) is 0.0850. The zero-order valence-corrected chi connectivity index (χ0v) is 9.85. The second-order valence-corrected chi connectivity index (χ2v) is 4.78. The molecule has 84 valence electrons. The highest BCUT2D eigenvalue weighted by molar-refractivity contribution is 7.13. The number of carboxylic acid groups (broad SMARTS) is 1. The minimum atomic E-state index is -0.996. The van der Waals surface area contributed by atoms with E-state index >= 15 is 0 Å². The molecule has 2 aromatic rings. The molecule has 0 fully saturated rings. The maximum atomic E-state index is 10.6. The topological polar surface area (TPSA) is 75.1 Å². The number of aromatic nitrogens is 2. The summed E-state index contributed by atoms with van der Waals surface area (Å²) in [6, 6.07) is 0. The van der Waals surface area contributed by atoms with E-state index in [4.69, 9.17) is 5.11 Å². The van der Waals surface area contributed by atoms with Gasteiger partial charge in [0.2, 0.25) is 0 Å². The van der Waals surface area contributed by atoms with E-state index in [1.165, 1.54) is 16.7 Å². The van der Waals surface area contributed by atoms with Crippen LogP contribution >= 0.6 is 22.7 Å². The van der Waals surface area contributed by atoms with Gasteiger partial charge in [0.15, 0.2) is 10.8 Å². The van der Waals surface area contributed by atoms with Crippen LogP contribution in [0.2, 0.25) is 0 Å². The molecule has 0 bridgehead atoms. The Labute approximate surface area is 99.8 Å². The molecule has 0 unspecified atom stereocenters. The van der Waals surface area contributed by atoms with Gasteiger partial charge in [-0.05, 0) is 0 Å². The van der Waals surface area contributed by atoms with E-state index in [1.54, 1.807) is 17.5 Å². The van der Waals surface area contributed by atoms with Crippen LogP contribution in [-0.2, 0) is 6.42 Å². The Morgan fingerprint density at radius 2 is 2.38 bits per heavy atom. The van der Waals surface area contributed by atoms with Gasteiger partial charge in [0, 0.05) is 29.9 Å². The van der Waals surface area contributed by atoms with Gasteiger partial charge in [-0.1, -0.05) is 0 Å². The standard InChI is InChI=1S/C9H9N3O2S2/c13-8(14)6-5-16-9(12-6)11-2-1-7-10-3-4-15-7/h3-5H,1-2H2,(H,11,12)(H,13,14). The highest BCUT2D eigenvalue weighted by Crippen LogP contribution is 2.15. The number of thiazole rings is 2. The van der Waals surface area contributed by atoms with Crippen LogP contribution in [0.15, 0.2) is 17.0 Å². The molecule has 7 heteroatoms. The van der Waals surface area contributed by atoms with Crippen LogP contribution < -0.4 is 5.32 Å². The number of rotatable bonds is 5. The van der Waals surface area contributed by atoms with Crippen molar-refractivity contribution in [1.29, 1.82) is 0 Å². The summed E-state index contributed by atoms with van der Waals surface area (Å²) in [5, 5.41) is 16.9. The first-order valence-corrected chi connectivity index (χ1v) is 6.32. The zero-order chi connectivity index (χ0) is 11.4. The minimum absolute atomic E-state index is 0.0850. The lowest BCUT2D eigenvalue weighted by molar-refractivity contribution is 0.0691. The number of nitrogens with zero attached hydrogens (tertiary/aromatic N) is 2. The fourth-order valence-corrected chi connectivity index (χ4v) is 2.44. The van der Waals surface area contributed by atoms with Gasteiger partial charge in [0.25, 0.3) is 0 Å². The van der Waals surface area contributed by atoms with Crippen LogP contribution in [0, 0.1) is 0 Å². The molecule has 16 heavy (non-hydrogen) atoms. The third kappa shape index (κ3) is 2.77. The Kier molecular flexibility index (Phi) is 3.47. The average Bonchev–Trinajstić information content (AvgIpc) is 2.87. The number of hydrogen-bond donors (Lipinski definition) is 2. The lowest BCUT2D eigenvalue weighted by atomic mass is 10.4. The largest absolute Gasteiger partial charge is 0.476 e. The van der Waals surface area contributed by atoms with Gasteiger partial charge in [-0.2, -0.15) is 0 Å². The molecule has 0 saturated carbocycles. The second-order valence-electron chi connectivity index (χ2n) is 2.95. The number of carbonyl (C=O) groups is 1. The van der Waals surface area contributed by atoms with Crippen LogP contribution in [0.5, 0.6) is 0 Å². The normalized spacial score (nSPS) is 10.2. The van der Waals surface area contributed by atoms with Crippen molar-refractivity contribution in [3.8, 4) is 0 Å². The minimum Gasteiger partial charge on any atom is -0.476 e. The fraction of sp³-hybridized carbons (Fsp3) is 0.222. The van der Waals surface area contributed by atoms with Crippen LogP contribution in [0.1, 0.15) is 15.5 Å². The lowest BCUT2D eigenvalue weighted by Crippen LogP contribution is -2.05. The SMILES string of the molecule is O=C(O)c1csc(NCCc2nccs2)n1. The molecule has 0 spiro atoms. The number of carboxylic acids is 1. The molecule has 0 radical (unpaired) electrons. The van der Waals surface area contributed by atoms with E-state index in [2.05, 4.69) is 15.3 Å². The quantitative estimate of drug-likeness (QED) is 0.854. The first kappa shape index (κ1) is 11.0. The molecule has 0 atom stereocenters. The molecule has 0 aliphatic heterocycles. The maximum Gasteiger partial charge on any atom is 0.355 e. The molecular weight excluding hydrogens is 246 g/mol. The monoisotopic (exact) mass is 255 g/mol. The van der Waals surface area contributed by atoms with Crippen molar-refractivity contribution in [2.45, 2.75) is 6.42 Å². The maximum absolute atomic E-state index is 10.6. The summed E-state index contributed by atoms with van der Waals surface area (Å²) in [4.78, 5) is 18.7. The Hall–Kier alpha value is -1.47. The summed E-state index contributed by atoms with van der Waals surface area (Å²) < 4.78 is 0. The van der Waals surface area contributed by atoms with Crippen molar-refractivity contribution in [2.24, 2.45) is 0 Å². The third-order valence-corrected chi connectivity index (χ3v) is 3.46. The Balaban J connectivity index is 1.83. The molecule has 0 saturated heterocycles. The lowest BCUT2D eigenvalue weighted by Gasteiger charge is -1.99. The molecule has 0 aliphatic rings. The molecule has 0 aliphatic carbocycles.